The summed E-state index contributed by atoms with van der Waals surface area (Å²) in [6.07, 6.45) is 5.06. The van der Waals surface area contributed by atoms with Gasteiger partial charge in [0.2, 0.25) is 21.8 Å². The predicted molar refractivity (Wildman–Crippen MR) is 155 cm³/mol. The molecule has 1 saturated carbocycles. The molecule has 208 valence electrons. The standard InChI is InChI=1S/C25H28Cl5N3O4S/c1-3-22(25(35)31-16-6-4-5-7-16)32(13-15-8-9-17(26)18(27)10-15)24(34)14-33(38(2,36)37)23-12-20(29)19(28)11-21(23)30/h8-12,16,22H,3-7,13-14H2,1-2H3,(H,31,35)/t22-/m1/s1. The summed E-state index contributed by atoms with van der Waals surface area (Å²) < 4.78 is 26.4. The second-order valence-corrected chi connectivity index (χ2v) is 13.1. The maximum Gasteiger partial charge on any atom is 0.244 e. The number of halogens is 5. The lowest BCUT2D eigenvalue weighted by Gasteiger charge is -2.33. The van der Waals surface area contributed by atoms with E-state index in [0.29, 0.717) is 22.0 Å². The van der Waals surface area contributed by atoms with Gasteiger partial charge in [0.1, 0.15) is 12.6 Å². The summed E-state index contributed by atoms with van der Waals surface area (Å²) in [6.45, 7) is 1.17. The van der Waals surface area contributed by atoms with Crippen molar-refractivity contribution < 1.29 is 18.0 Å². The molecule has 3 rings (SSSR count). The highest BCUT2D eigenvalue weighted by Crippen LogP contribution is 2.36. The average molecular weight is 644 g/mol. The fourth-order valence-electron chi connectivity index (χ4n) is 4.42. The van der Waals surface area contributed by atoms with Crippen LogP contribution in [0.4, 0.5) is 5.69 Å². The minimum absolute atomic E-state index is 0.000300. The fraction of sp³-hybridized carbons (Fsp3) is 0.440. The third kappa shape index (κ3) is 7.83. The number of anilines is 1. The number of rotatable bonds is 10. The van der Waals surface area contributed by atoms with E-state index in [1.165, 1.54) is 17.0 Å². The van der Waals surface area contributed by atoms with E-state index in [9.17, 15) is 18.0 Å². The van der Waals surface area contributed by atoms with Crippen LogP contribution in [0.5, 0.6) is 0 Å². The lowest BCUT2D eigenvalue weighted by Crippen LogP contribution is -2.53. The van der Waals surface area contributed by atoms with Crippen LogP contribution < -0.4 is 9.62 Å². The Labute approximate surface area is 248 Å². The van der Waals surface area contributed by atoms with Crippen LogP contribution in [-0.2, 0) is 26.2 Å². The van der Waals surface area contributed by atoms with E-state index in [1.807, 2.05) is 0 Å². The molecule has 0 saturated heterocycles. The molecule has 0 unspecified atom stereocenters. The minimum atomic E-state index is -3.99. The number of hydrogen-bond donors (Lipinski definition) is 1. The van der Waals surface area contributed by atoms with Crippen molar-refractivity contribution in [2.24, 2.45) is 0 Å². The molecule has 38 heavy (non-hydrogen) atoms. The molecule has 0 aliphatic heterocycles. The summed E-state index contributed by atoms with van der Waals surface area (Å²) >= 11 is 30.7. The van der Waals surface area contributed by atoms with Crippen LogP contribution in [0.2, 0.25) is 25.1 Å². The molecule has 0 radical (unpaired) electrons. The topological polar surface area (TPSA) is 86.8 Å². The van der Waals surface area contributed by atoms with Gasteiger partial charge in [-0.25, -0.2) is 8.42 Å². The molecular formula is C25H28Cl5N3O4S. The van der Waals surface area contributed by atoms with Crippen LogP contribution in [0.25, 0.3) is 0 Å². The normalized spacial score (nSPS) is 14.8. The molecule has 13 heteroatoms. The summed E-state index contributed by atoms with van der Waals surface area (Å²) in [5.41, 5.74) is 0.619. The van der Waals surface area contributed by atoms with E-state index in [2.05, 4.69) is 5.32 Å². The van der Waals surface area contributed by atoms with E-state index < -0.39 is 28.5 Å². The Morgan fingerprint density at radius 1 is 0.947 bits per heavy atom. The molecule has 2 amide bonds. The molecule has 1 aliphatic carbocycles. The van der Waals surface area contributed by atoms with Crippen molar-refractivity contribution in [3.05, 3.63) is 61.0 Å². The number of nitrogens with zero attached hydrogens (tertiary/aromatic N) is 2. The van der Waals surface area contributed by atoms with Crippen molar-refractivity contribution in [3.63, 3.8) is 0 Å². The molecule has 1 fully saturated rings. The van der Waals surface area contributed by atoms with Gasteiger partial charge in [0, 0.05) is 12.6 Å². The number of sulfonamides is 1. The monoisotopic (exact) mass is 641 g/mol. The van der Waals surface area contributed by atoms with Gasteiger partial charge in [-0.05, 0) is 49.1 Å². The number of amides is 2. The van der Waals surface area contributed by atoms with Gasteiger partial charge >= 0.3 is 0 Å². The minimum Gasteiger partial charge on any atom is -0.352 e. The molecular weight excluding hydrogens is 616 g/mol. The summed E-state index contributed by atoms with van der Waals surface area (Å²) in [5, 5.41) is 3.89. The van der Waals surface area contributed by atoms with E-state index in [4.69, 9.17) is 58.0 Å². The van der Waals surface area contributed by atoms with Gasteiger partial charge in [0.05, 0.1) is 37.1 Å². The van der Waals surface area contributed by atoms with Gasteiger partial charge < -0.3 is 10.2 Å². The summed E-state index contributed by atoms with van der Waals surface area (Å²) in [5.74, 6) is -0.914. The highest BCUT2D eigenvalue weighted by molar-refractivity contribution is 7.92. The number of benzene rings is 2. The predicted octanol–water partition coefficient (Wildman–Crippen LogP) is 6.59. The molecule has 1 N–H and O–H groups in total. The molecule has 0 aromatic heterocycles. The molecule has 0 bridgehead atoms. The Morgan fingerprint density at radius 2 is 1.55 bits per heavy atom. The first-order valence-electron chi connectivity index (χ1n) is 12.0. The molecule has 7 nitrogen and oxygen atoms in total. The van der Waals surface area contributed by atoms with Crippen molar-refractivity contribution >= 4 is 85.5 Å². The highest BCUT2D eigenvalue weighted by atomic mass is 35.5. The van der Waals surface area contributed by atoms with Gasteiger partial charge in [-0.15, -0.1) is 0 Å². The third-order valence-electron chi connectivity index (χ3n) is 6.36. The Kier molecular flexibility index (Phi) is 10.9. The quantitative estimate of drug-likeness (QED) is 0.296. The number of nitrogens with one attached hydrogen (secondary N) is 1. The van der Waals surface area contributed by atoms with E-state index in [1.54, 1.807) is 25.1 Å². The van der Waals surface area contributed by atoms with E-state index in [-0.39, 0.29) is 39.2 Å². The van der Waals surface area contributed by atoms with Crippen LogP contribution in [0.15, 0.2) is 30.3 Å². The first-order chi connectivity index (χ1) is 17.8. The third-order valence-corrected chi connectivity index (χ3v) is 9.25. The molecule has 1 atom stereocenters. The number of carbonyl (C=O) groups is 2. The SMILES string of the molecule is CC[C@H](C(=O)NC1CCCC1)N(Cc1ccc(Cl)c(Cl)c1)C(=O)CN(c1cc(Cl)c(Cl)cc1Cl)S(C)(=O)=O. The molecule has 0 heterocycles. The summed E-state index contributed by atoms with van der Waals surface area (Å²) in [4.78, 5) is 28.5. The van der Waals surface area contributed by atoms with Crippen LogP contribution in [0.1, 0.15) is 44.6 Å². The summed E-state index contributed by atoms with van der Waals surface area (Å²) in [6, 6.07) is 6.68. The maximum absolute atomic E-state index is 13.8. The van der Waals surface area contributed by atoms with Crippen molar-refractivity contribution in [1.29, 1.82) is 0 Å². The first-order valence-corrected chi connectivity index (χ1v) is 15.7. The van der Waals surface area contributed by atoms with Crippen molar-refractivity contribution in [2.45, 2.75) is 57.7 Å². The van der Waals surface area contributed by atoms with Gasteiger partial charge in [-0.1, -0.05) is 83.8 Å². The smallest absolute Gasteiger partial charge is 0.244 e. The Balaban J connectivity index is 1.98. The zero-order valence-electron chi connectivity index (χ0n) is 20.8. The molecule has 2 aromatic carbocycles. The summed E-state index contributed by atoms with van der Waals surface area (Å²) in [7, 11) is -3.99. The Hall–Kier alpha value is -1.42. The Morgan fingerprint density at radius 3 is 2.13 bits per heavy atom. The maximum atomic E-state index is 13.8. The number of hydrogen-bond acceptors (Lipinski definition) is 4. The van der Waals surface area contributed by atoms with E-state index >= 15 is 0 Å². The first kappa shape index (κ1) is 31.1. The lowest BCUT2D eigenvalue weighted by atomic mass is 10.1. The van der Waals surface area contributed by atoms with E-state index in [0.717, 1.165) is 36.2 Å². The van der Waals surface area contributed by atoms with Crippen LogP contribution in [-0.4, -0.2) is 50.0 Å². The second kappa shape index (κ2) is 13.3. The largest absolute Gasteiger partial charge is 0.352 e. The molecule has 1 aliphatic rings. The van der Waals surface area contributed by atoms with Crippen LogP contribution in [0, 0.1) is 0 Å². The van der Waals surface area contributed by atoms with Gasteiger partial charge in [0.15, 0.2) is 0 Å². The van der Waals surface area contributed by atoms with Gasteiger partial charge in [-0.3, -0.25) is 13.9 Å². The number of carbonyl (C=O) groups excluding carboxylic acids is 2. The van der Waals surface area contributed by atoms with Crippen molar-refractivity contribution in [2.75, 3.05) is 17.1 Å². The molecule has 2 aromatic rings. The second-order valence-electron chi connectivity index (χ2n) is 9.17. The van der Waals surface area contributed by atoms with Gasteiger partial charge in [0.25, 0.3) is 0 Å². The van der Waals surface area contributed by atoms with Crippen LogP contribution >= 0.6 is 58.0 Å². The van der Waals surface area contributed by atoms with Crippen molar-refractivity contribution in [3.8, 4) is 0 Å². The Bertz CT molecular complexity index is 1300. The van der Waals surface area contributed by atoms with Crippen molar-refractivity contribution in [1.82, 2.24) is 10.2 Å². The van der Waals surface area contributed by atoms with Crippen LogP contribution in [0.3, 0.4) is 0 Å². The lowest BCUT2D eigenvalue weighted by molar-refractivity contribution is -0.140. The van der Waals surface area contributed by atoms with Gasteiger partial charge in [-0.2, -0.15) is 0 Å². The zero-order valence-corrected chi connectivity index (χ0v) is 25.4. The fourth-order valence-corrected chi connectivity index (χ4v) is 6.29. The highest BCUT2D eigenvalue weighted by Gasteiger charge is 2.33. The average Bonchev–Trinajstić information content (AvgIpc) is 3.34. The molecule has 0 spiro atoms. The zero-order chi connectivity index (χ0) is 28.2.